The number of imidazole rings is 1. The average Bonchev–Trinajstić information content (AvgIpc) is 3.27. The topological polar surface area (TPSA) is 117 Å². The van der Waals surface area contributed by atoms with Gasteiger partial charge in [-0.3, -0.25) is 0 Å². The van der Waals surface area contributed by atoms with Gasteiger partial charge in [0.15, 0.2) is 22.8 Å². The number of rotatable bonds is 6. The van der Waals surface area contributed by atoms with E-state index in [0.29, 0.717) is 23.4 Å². The summed E-state index contributed by atoms with van der Waals surface area (Å²) < 4.78 is 46.9. The molecule has 0 atom stereocenters. The van der Waals surface area contributed by atoms with Crippen molar-refractivity contribution in [3.05, 3.63) is 78.4 Å². The number of alkyl halides is 3. The second kappa shape index (κ2) is 9.13. The van der Waals surface area contributed by atoms with E-state index in [1.54, 1.807) is 30.1 Å². The highest BCUT2D eigenvalue weighted by atomic mass is 19.4. The highest BCUT2D eigenvalue weighted by Crippen LogP contribution is 2.31. The molecular formula is C24H19F3N8O. The van der Waals surface area contributed by atoms with Crippen LogP contribution in [0.4, 0.5) is 30.5 Å². The predicted molar refractivity (Wildman–Crippen MR) is 128 cm³/mol. The number of benzene rings is 1. The number of anilines is 3. The van der Waals surface area contributed by atoms with Crippen molar-refractivity contribution >= 4 is 28.5 Å². The summed E-state index contributed by atoms with van der Waals surface area (Å²) in [5.74, 6) is 1.30. The zero-order valence-corrected chi connectivity index (χ0v) is 18.9. The number of halogens is 3. The maximum atomic E-state index is 13.3. The number of fused-ring (bicyclic) bond motifs is 1. The molecule has 9 nitrogen and oxygen atoms in total. The third-order valence-corrected chi connectivity index (χ3v) is 5.29. The molecule has 0 saturated carbocycles. The minimum atomic E-state index is -4.61. The first kappa shape index (κ1) is 23.0. The van der Waals surface area contributed by atoms with Crippen LogP contribution in [0.2, 0.25) is 0 Å². The maximum Gasteiger partial charge on any atom is 0.433 e. The summed E-state index contributed by atoms with van der Waals surface area (Å²) in [6.45, 7) is 0.411. The molecule has 0 aliphatic carbocycles. The van der Waals surface area contributed by atoms with Gasteiger partial charge in [0.05, 0.1) is 20.0 Å². The van der Waals surface area contributed by atoms with E-state index in [2.05, 4.69) is 30.2 Å². The number of nitrogens with zero attached hydrogens (tertiary/aromatic N) is 6. The molecule has 0 aliphatic heterocycles. The fourth-order valence-corrected chi connectivity index (χ4v) is 3.57. The van der Waals surface area contributed by atoms with E-state index in [0.717, 1.165) is 17.4 Å². The van der Waals surface area contributed by atoms with E-state index in [-0.39, 0.29) is 23.2 Å². The van der Waals surface area contributed by atoms with Crippen LogP contribution in [-0.4, -0.2) is 36.6 Å². The van der Waals surface area contributed by atoms with E-state index in [1.165, 1.54) is 18.3 Å². The monoisotopic (exact) mass is 492 g/mol. The number of pyridine rings is 2. The van der Waals surface area contributed by atoms with E-state index in [4.69, 9.17) is 10.5 Å². The van der Waals surface area contributed by atoms with Gasteiger partial charge in [0.2, 0.25) is 0 Å². The van der Waals surface area contributed by atoms with E-state index < -0.39 is 11.9 Å². The van der Waals surface area contributed by atoms with Crippen LogP contribution in [0.25, 0.3) is 22.7 Å². The van der Waals surface area contributed by atoms with Gasteiger partial charge in [-0.05, 0) is 35.9 Å². The summed E-state index contributed by atoms with van der Waals surface area (Å²) in [4.78, 5) is 21.2. The fraction of sp³-hybridized carbons (Fsp3) is 0.125. The van der Waals surface area contributed by atoms with Crippen molar-refractivity contribution < 1.29 is 17.9 Å². The first-order chi connectivity index (χ1) is 17.3. The molecule has 0 saturated heterocycles. The Morgan fingerprint density at radius 3 is 2.53 bits per heavy atom. The Morgan fingerprint density at radius 2 is 1.81 bits per heavy atom. The second-order valence-electron chi connectivity index (χ2n) is 7.79. The molecule has 0 spiro atoms. The largest absolute Gasteiger partial charge is 0.497 e. The van der Waals surface area contributed by atoms with Crippen LogP contribution in [0.15, 0.2) is 67.1 Å². The highest BCUT2D eigenvalue weighted by molar-refractivity contribution is 5.87. The minimum absolute atomic E-state index is 0.00890. The lowest BCUT2D eigenvalue weighted by Crippen LogP contribution is -2.09. The number of ether oxygens (including phenoxy) is 1. The molecule has 182 valence electrons. The Hall–Kier alpha value is -4.74. The van der Waals surface area contributed by atoms with Crippen LogP contribution in [0.3, 0.4) is 0 Å². The summed E-state index contributed by atoms with van der Waals surface area (Å²) in [6, 6.07) is 14.4. The van der Waals surface area contributed by atoms with Gasteiger partial charge in [-0.2, -0.15) is 13.2 Å². The lowest BCUT2D eigenvalue weighted by molar-refractivity contribution is -0.141. The molecule has 12 heteroatoms. The van der Waals surface area contributed by atoms with Gasteiger partial charge in [0, 0.05) is 18.0 Å². The number of nitrogen functional groups attached to an aromatic ring is 1. The third kappa shape index (κ3) is 4.73. The fourth-order valence-electron chi connectivity index (χ4n) is 3.57. The first-order valence-corrected chi connectivity index (χ1v) is 10.7. The van der Waals surface area contributed by atoms with Crippen LogP contribution >= 0.6 is 0 Å². The average molecular weight is 492 g/mol. The van der Waals surface area contributed by atoms with Gasteiger partial charge in [-0.25, -0.2) is 24.9 Å². The number of nitrogens with two attached hydrogens (primary N) is 1. The van der Waals surface area contributed by atoms with Gasteiger partial charge < -0.3 is 20.4 Å². The number of nitrogens with one attached hydrogen (secondary N) is 1. The molecule has 0 amide bonds. The summed E-state index contributed by atoms with van der Waals surface area (Å²) in [7, 11) is 1.59. The van der Waals surface area contributed by atoms with E-state index >= 15 is 0 Å². The normalized spacial score (nSPS) is 11.6. The summed E-state index contributed by atoms with van der Waals surface area (Å²) in [5, 5.41) is 3.12. The van der Waals surface area contributed by atoms with Crippen molar-refractivity contribution in [1.82, 2.24) is 29.5 Å². The van der Waals surface area contributed by atoms with Crippen molar-refractivity contribution in [2.45, 2.75) is 12.7 Å². The van der Waals surface area contributed by atoms with Crippen molar-refractivity contribution in [2.75, 3.05) is 18.2 Å². The minimum Gasteiger partial charge on any atom is -0.497 e. The Kier molecular flexibility index (Phi) is 5.84. The van der Waals surface area contributed by atoms with Gasteiger partial charge in [0.25, 0.3) is 0 Å². The zero-order valence-electron chi connectivity index (χ0n) is 18.9. The predicted octanol–water partition coefficient (Wildman–Crippen LogP) is 4.68. The van der Waals surface area contributed by atoms with Crippen LogP contribution in [-0.2, 0) is 12.7 Å². The molecule has 3 N–H and O–H groups in total. The van der Waals surface area contributed by atoms with Crippen molar-refractivity contribution in [2.24, 2.45) is 0 Å². The zero-order chi connectivity index (χ0) is 25.3. The van der Waals surface area contributed by atoms with Gasteiger partial charge in [0.1, 0.15) is 23.0 Å². The third-order valence-electron chi connectivity index (χ3n) is 5.29. The Morgan fingerprint density at radius 1 is 1.00 bits per heavy atom. The Bertz CT molecular complexity index is 1530. The molecule has 1 aromatic carbocycles. The molecule has 0 radical (unpaired) electrons. The molecule has 0 unspecified atom stereocenters. The van der Waals surface area contributed by atoms with Crippen LogP contribution in [0.1, 0.15) is 11.3 Å². The van der Waals surface area contributed by atoms with E-state index in [9.17, 15) is 13.2 Å². The molecule has 4 aromatic heterocycles. The Labute approximate surface area is 202 Å². The Balaban J connectivity index is 1.62. The number of aromatic nitrogens is 6. The molecule has 5 aromatic rings. The van der Waals surface area contributed by atoms with Crippen LogP contribution < -0.4 is 15.8 Å². The van der Waals surface area contributed by atoms with Gasteiger partial charge in [-0.1, -0.05) is 18.2 Å². The molecule has 4 heterocycles. The summed E-state index contributed by atoms with van der Waals surface area (Å²) in [6.07, 6.45) is -1.49. The lowest BCUT2D eigenvalue weighted by atomic mass is 10.2. The lowest BCUT2D eigenvalue weighted by Gasteiger charge is -2.11. The molecule has 36 heavy (non-hydrogen) atoms. The number of hydrogen-bond acceptors (Lipinski definition) is 8. The smallest absolute Gasteiger partial charge is 0.433 e. The maximum absolute atomic E-state index is 13.3. The summed E-state index contributed by atoms with van der Waals surface area (Å²) >= 11 is 0. The molecular weight excluding hydrogens is 473 g/mol. The van der Waals surface area contributed by atoms with Crippen LogP contribution in [0.5, 0.6) is 5.75 Å². The molecule has 5 rings (SSSR count). The second-order valence-corrected chi connectivity index (χ2v) is 7.79. The van der Waals surface area contributed by atoms with Crippen molar-refractivity contribution in [3.8, 4) is 17.3 Å². The van der Waals surface area contributed by atoms with Crippen LogP contribution in [0, 0.1) is 0 Å². The number of hydrogen-bond donors (Lipinski definition) is 2. The van der Waals surface area contributed by atoms with E-state index in [1.807, 2.05) is 24.3 Å². The number of methoxy groups -OCH3 is 1. The molecule has 0 bridgehead atoms. The van der Waals surface area contributed by atoms with Gasteiger partial charge >= 0.3 is 6.18 Å². The quantitative estimate of drug-likeness (QED) is 0.351. The highest BCUT2D eigenvalue weighted by Gasteiger charge is 2.32. The standard InChI is InChI=1S/C24H19F3N8O/c1-36-16-7-5-14(6-8-16)12-35-13-30-20-22(31-15-9-10-29-19(28)11-15)33-21(34-23(20)35)17-3-2-4-18(32-17)24(25,26)27/h2-11,13H,12H2,1H3,(H3,28,29,31,33,34). The molecule has 0 fully saturated rings. The molecule has 0 aliphatic rings. The van der Waals surface area contributed by atoms with Crippen molar-refractivity contribution in [1.29, 1.82) is 0 Å². The SMILES string of the molecule is COc1ccc(Cn2cnc3c(Nc4ccnc(N)c4)nc(-c4cccc(C(F)(F)F)n4)nc32)cc1. The first-order valence-electron chi connectivity index (χ1n) is 10.7. The van der Waals surface area contributed by atoms with Crippen molar-refractivity contribution in [3.63, 3.8) is 0 Å². The van der Waals surface area contributed by atoms with Gasteiger partial charge in [-0.15, -0.1) is 0 Å². The summed E-state index contributed by atoms with van der Waals surface area (Å²) in [5.41, 5.74) is 7.09.